The molecule has 0 aliphatic heterocycles. The molecule has 0 unspecified atom stereocenters. The van der Waals surface area contributed by atoms with Crippen molar-refractivity contribution in [2.45, 2.75) is 25.7 Å². The number of benzene rings is 3. The summed E-state index contributed by atoms with van der Waals surface area (Å²) in [6, 6.07) is 21.0. The van der Waals surface area contributed by atoms with E-state index in [0.717, 1.165) is 21.9 Å². The van der Waals surface area contributed by atoms with Gasteiger partial charge in [0.2, 0.25) is 0 Å². The monoisotopic (exact) mass is 375 g/mol. The van der Waals surface area contributed by atoms with Gasteiger partial charge in [0.25, 0.3) is 0 Å². The van der Waals surface area contributed by atoms with Gasteiger partial charge in [0, 0.05) is 10.5 Å². The highest BCUT2D eigenvalue weighted by atomic mass is 32.2. The Kier molecular flexibility index (Phi) is 6.25. The van der Waals surface area contributed by atoms with Crippen LogP contribution in [-0.4, -0.2) is 5.71 Å². The highest BCUT2D eigenvalue weighted by molar-refractivity contribution is 8.02. The fourth-order valence-corrected chi connectivity index (χ4v) is 3.49. The first kappa shape index (κ1) is 19.1. The highest BCUT2D eigenvalue weighted by Gasteiger charge is 2.08. The predicted molar refractivity (Wildman–Crippen MR) is 115 cm³/mol. The van der Waals surface area contributed by atoms with Gasteiger partial charge < -0.3 is 0 Å². The zero-order chi connectivity index (χ0) is 19.2. The second-order valence-corrected chi connectivity index (χ2v) is 7.45. The lowest BCUT2D eigenvalue weighted by atomic mass is 9.98. The maximum atomic E-state index is 13.1. The molecule has 0 aromatic heterocycles. The van der Waals surface area contributed by atoms with E-state index in [0.29, 0.717) is 0 Å². The Morgan fingerprint density at radius 3 is 2.11 bits per heavy atom. The quantitative estimate of drug-likeness (QED) is 0.340. The van der Waals surface area contributed by atoms with Crippen molar-refractivity contribution in [2.24, 2.45) is 4.99 Å². The van der Waals surface area contributed by atoms with Crippen LogP contribution in [0.15, 0.2) is 88.1 Å². The fraction of sp³-hybridized carbons (Fsp3) is 0.125. The van der Waals surface area contributed by atoms with Crippen molar-refractivity contribution in [2.75, 3.05) is 0 Å². The molecule has 3 aromatic carbocycles. The molecule has 1 nitrogen and oxygen atoms in total. The molecule has 0 fully saturated rings. The highest BCUT2D eigenvalue weighted by Crippen LogP contribution is 2.23. The number of nitrogens with zero attached hydrogens (tertiary/aromatic N) is 1. The van der Waals surface area contributed by atoms with Crippen molar-refractivity contribution in [3.63, 3.8) is 0 Å². The summed E-state index contributed by atoms with van der Waals surface area (Å²) in [5, 5.41) is 2.01. The Labute approximate surface area is 164 Å². The lowest BCUT2D eigenvalue weighted by Gasteiger charge is -2.10. The van der Waals surface area contributed by atoms with Gasteiger partial charge in [-0.15, -0.1) is 0 Å². The predicted octanol–water partition coefficient (Wildman–Crippen LogP) is 7.18. The van der Waals surface area contributed by atoms with E-state index in [-0.39, 0.29) is 5.82 Å². The standard InChI is InChI=1S/C24H22FNS/c1-17-7-11-21(12-8-17)26-23(24-18(2)5-4-6-19(24)3)15-16-27-22-13-9-20(25)10-14-22/h4-16H,1-3H3/b16-15+,26-23-. The molecular formula is C24H22FNS. The van der Waals surface area contributed by atoms with Gasteiger partial charge in [-0.05, 0) is 79.8 Å². The van der Waals surface area contributed by atoms with E-state index in [4.69, 9.17) is 4.99 Å². The lowest BCUT2D eigenvalue weighted by molar-refractivity contribution is 0.626. The molecule has 0 radical (unpaired) electrons. The molecule has 0 saturated heterocycles. The van der Waals surface area contributed by atoms with Crippen molar-refractivity contribution in [1.29, 1.82) is 0 Å². The fourth-order valence-electron chi connectivity index (χ4n) is 2.84. The van der Waals surface area contributed by atoms with Crippen LogP contribution in [-0.2, 0) is 0 Å². The summed E-state index contributed by atoms with van der Waals surface area (Å²) in [5.74, 6) is -0.222. The normalized spacial score (nSPS) is 11.9. The van der Waals surface area contributed by atoms with Crippen LogP contribution >= 0.6 is 11.8 Å². The van der Waals surface area contributed by atoms with Crippen molar-refractivity contribution in [3.05, 3.63) is 106 Å². The van der Waals surface area contributed by atoms with Gasteiger partial charge >= 0.3 is 0 Å². The number of allylic oxidation sites excluding steroid dienone is 1. The number of halogens is 1. The van der Waals surface area contributed by atoms with E-state index < -0.39 is 0 Å². The van der Waals surface area contributed by atoms with Gasteiger partial charge in [-0.25, -0.2) is 9.38 Å². The topological polar surface area (TPSA) is 12.4 Å². The van der Waals surface area contributed by atoms with Crippen molar-refractivity contribution in [3.8, 4) is 0 Å². The van der Waals surface area contributed by atoms with E-state index in [9.17, 15) is 4.39 Å². The third kappa shape index (κ3) is 5.18. The second-order valence-electron chi connectivity index (χ2n) is 6.47. The second kappa shape index (κ2) is 8.83. The molecule has 0 N–H and O–H groups in total. The number of rotatable bonds is 5. The molecule has 0 amide bonds. The minimum absolute atomic E-state index is 0.222. The van der Waals surface area contributed by atoms with E-state index in [2.05, 4.69) is 51.1 Å². The first-order chi connectivity index (χ1) is 13.0. The van der Waals surface area contributed by atoms with Crippen LogP contribution in [0.1, 0.15) is 22.3 Å². The third-order valence-electron chi connectivity index (χ3n) is 4.26. The Hall–Kier alpha value is -2.65. The van der Waals surface area contributed by atoms with Crippen LogP contribution in [0.3, 0.4) is 0 Å². The summed E-state index contributed by atoms with van der Waals surface area (Å²) in [7, 11) is 0. The molecule has 0 aliphatic rings. The van der Waals surface area contributed by atoms with Crippen LogP contribution in [0.4, 0.5) is 10.1 Å². The molecule has 27 heavy (non-hydrogen) atoms. The molecule has 0 bridgehead atoms. The summed E-state index contributed by atoms with van der Waals surface area (Å²) in [6.45, 7) is 6.28. The van der Waals surface area contributed by atoms with Crippen LogP contribution in [0, 0.1) is 26.6 Å². The van der Waals surface area contributed by atoms with Crippen LogP contribution in [0.25, 0.3) is 0 Å². The Morgan fingerprint density at radius 2 is 1.48 bits per heavy atom. The van der Waals surface area contributed by atoms with Crippen LogP contribution in [0.5, 0.6) is 0 Å². The van der Waals surface area contributed by atoms with Crippen molar-refractivity contribution < 1.29 is 4.39 Å². The first-order valence-electron chi connectivity index (χ1n) is 8.83. The zero-order valence-electron chi connectivity index (χ0n) is 15.7. The first-order valence-corrected chi connectivity index (χ1v) is 9.71. The smallest absolute Gasteiger partial charge is 0.123 e. The molecule has 136 valence electrons. The molecule has 0 spiro atoms. The largest absolute Gasteiger partial charge is 0.248 e. The molecular weight excluding hydrogens is 353 g/mol. The average Bonchev–Trinajstić information content (AvgIpc) is 2.65. The van der Waals surface area contributed by atoms with Crippen molar-refractivity contribution in [1.82, 2.24) is 0 Å². The summed E-state index contributed by atoms with van der Waals surface area (Å²) in [4.78, 5) is 5.88. The van der Waals surface area contributed by atoms with Crippen LogP contribution < -0.4 is 0 Å². The molecule has 0 aliphatic carbocycles. The maximum absolute atomic E-state index is 13.1. The minimum Gasteiger partial charge on any atom is -0.248 e. The number of thioether (sulfide) groups is 1. The Balaban J connectivity index is 1.95. The van der Waals surface area contributed by atoms with Gasteiger partial charge in [-0.1, -0.05) is 47.7 Å². The van der Waals surface area contributed by atoms with E-state index in [1.807, 2.05) is 23.6 Å². The van der Waals surface area contributed by atoms with Crippen molar-refractivity contribution >= 4 is 23.2 Å². The van der Waals surface area contributed by atoms with E-state index in [1.54, 1.807) is 23.9 Å². The molecule has 0 heterocycles. The SMILES string of the molecule is Cc1ccc(/N=C(/C=C/Sc2ccc(F)cc2)c2c(C)cccc2C)cc1. The number of aliphatic imine (C=N–C) groups is 1. The molecule has 3 rings (SSSR count). The molecule has 0 atom stereocenters. The summed E-state index contributed by atoms with van der Waals surface area (Å²) in [5.41, 5.74) is 6.59. The average molecular weight is 376 g/mol. The van der Waals surface area contributed by atoms with E-state index in [1.165, 1.54) is 28.8 Å². The van der Waals surface area contributed by atoms with Gasteiger partial charge in [0.1, 0.15) is 5.82 Å². The Bertz CT molecular complexity index is 950. The third-order valence-corrected chi connectivity index (χ3v) is 5.08. The van der Waals surface area contributed by atoms with Gasteiger partial charge in [-0.2, -0.15) is 0 Å². The summed E-state index contributed by atoms with van der Waals surface area (Å²) in [6.07, 6.45) is 2.03. The van der Waals surface area contributed by atoms with Gasteiger partial charge in [-0.3, -0.25) is 0 Å². The summed E-state index contributed by atoms with van der Waals surface area (Å²) >= 11 is 1.55. The van der Waals surface area contributed by atoms with Gasteiger partial charge in [0.05, 0.1) is 11.4 Å². The molecule has 3 aromatic rings. The molecule has 0 saturated carbocycles. The number of aryl methyl sites for hydroxylation is 3. The summed E-state index contributed by atoms with van der Waals surface area (Å²) < 4.78 is 13.1. The lowest BCUT2D eigenvalue weighted by Crippen LogP contribution is -2.02. The van der Waals surface area contributed by atoms with E-state index >= 15 is 0 Å². The zero-order valence-corrected chi connectivity index (χ0v) is 16.6. The number of hydrogen-bond acceptors (Lipinski definition) is 2. The Morgan fingerprint density at radius 1 is 0.852 bits per heavy atom. The van der Waals surface area contributed by atoms with Crippen LogP contribution in [0.2, 0.25) is 0 Å². The maximum Gasteiger partial charge on any atom is 0.123 e. The minimum atomic E-state index is -0.222. The molecule has 3 heteroatoms. The number of hydrogen-bond donors (Lipinski definition) is 0. The van der Waals surface area contributed by atoms with Gasteiger partial charge in [0.15, 0.2) is 0 Å².